The molecule has 1 saturated carbocycles. The minimum atomic E-state index is -0.238. The van der Waals surface area contributed by atoms with Crippen molar-refractivity contribution in [2.75, 3.05) is 5.73 Å². The molecule has 1 aromatic heterocycles. The number of aromatic nitrogens is 2. The number of halogens is 1. The molecule has 2 N–H and O–H groups in total. The fraction of sp³-hybridized carbons (Fsp3) is 0.357. The van der Waals surface area contributed by atoms with E-state index in [-0.39, 0.29) is 5.82 Å². The Morgan fingerprint density at radius 3 is 2.61 bits per heavy atom. The van der Waals surface area contributed by atoms with E-state index in [4.69, 9.17) is 5.73 Å². The van der Waals surface area contributed by atoms with Gasteiger partial charge in [0.05, 0.1) is 11.7 Å². The highest BCUT2D eigenvalue weighted by atomic mass is 19.1. The lowest BCUT2D eigenvalue weighted by Crippen LogP contribution is -2.11. The Balaban J connectivity index is 1.93. The lowest BCUT2D eigenvalue weighted by atomic mass is 10.1. The molecular formula is C14H16FN3. The van der Waals surface area contributed by atoms with E-state index >= 15 is 0 Å². The third-order valence-corrected chi connectivity index (χ3v) is 3.59. The summed E-state index contributed by atoms with van der Waals surface area (Å²) in [5.41, 5.74) is 7.70. The second-order valence-corrected chi connectivity index (χ2v) is 4.98. The first-order valence-electron chi connectivity index (χ1n) is 6.26. The van der Waals surface area contributed by atoms with Crippen molar-refractivity contribution < 1.29 is 4.39 Å². The molecule has 0 spiro atoms. The normalized spacial score (nSPS) is 16.8. The van der Waals surface area contributed by atoms with Crippen LogP contribution in [-0.4, -0.2) is 9.78 Å². The van der Waals surface area contributed by atoms with E-state index in [1.165, 1.54) is 25.0 Å². The van der Waals surface area contributed by atoms with Gasteiger partial charge in [-0.05, 0) is 49.9 Å². The predicted octanol–water partition coefficient (Wildman–Crippen LogP) is 3.24. The molecule has 0 radical (unpaired) electrons. The van der Waals surface area contributed by atoms with Gasteiger partial charge < -0.3 is 5.73 Å². The van der Waals surface area contributed by atoms with Crippen LogP contribution in [0.3, 0.4) is 0 Å². The van der Waals surface area contributed by atoms with Gasteiger partial charge in [0.15, 0.2) is 0 Å². The van der Waals surface area contributed by atoms with Gasteiger partial charge in [-0.25, -0.2) is 9.07 Å². The van der Waals surface area contributed by atoms with Crippen LogP contribution in [0.2, 0.25) is 0 Å². The molecule has 94 valence electrons. The molecule has 1 atom stereocenters. The van der Waals surface area contributed by atoms with Crippen molar-refractivity contribution in [3.8, 4) is 11.3 Å². The highest BCUT2D eigenvalue weighted by Gasteiger charge is 2.30. The minimum Gasteiger partial charge on any atom is -0.384 e. The second-order valence-electron chi connectivity index (χ2n) is 4.98. The van der Waals surface area contributed by atoms with Gasteiger partial charge in [0.2, 0.25) is 0 Å². The third kappa shape index (κ3) is 1.98. The van der Waals surface area contributed by atoms with Crippen LogP contribution >= 0.6 is 0 Å². The number of hydrogen-bond acceptors (Lipinski definition) is 2. The van der Waals surface area contributed by atoms with Gasteiger partial charge in [0.25, 0.3) is 0 Å². The number of benzene rings is 1. The molecule has 2 aromatic rings. The highest BCUT2D eigenvalue weighted by Crippen LogP contribution is 2.40. The monoisotopic (exact) mass is 245 g/mol. The van der Waals surface area contributed by atoms with Gasteiger partial charge in [0.1, 0.15) is 11.6 Å². The number of rotatable bonds is 3. The van der Waals surface area contributed by atoms with Crippen LogP contribution in [-0.2, 0) is 0 Å². The maximum atomic E-state index is 12.9. The minimum absolute atomic E-state index is 0.238. The number of nitrogens with two attached hydrogens (primary N) is 1. The Morgan fingerprint density at radius 1 is 1.33 bits per heavy atom. The molecule has 1 aliphatic carbocycles. The molecule has 3 rings (SSSR count). The molecule has 1 fully saturated rings. The zero-order valence-corrected chi connectivity index (χ0v) is 10.3. The van der Waals surface area contributed by atoms with Crippen LogP contribution in [0.5, 0.6) is 0 Å². The number of hydrogen-bond donors (Lipinski definition) is 1. The van der Waals surface area contributed by atoms with Crippen LogP contribution in [0.4, 0.5) is 10.2 Å². The van der Waals surface area contributed by atoms with Gasteiger partial charge in [-0.3, -0.25) is 0 Å². The third-order valence-electron chi connectivity index (χ3n) is 3.59. The van der Waals surface area contributed by atoms with Gasteiger partial charge in [-0.1, -0.05) is 0 Å². The summed E-state index contributed by atoms with van der Waals surface area (Å²) in [5, 5.41) is 4.54. The van der Waals surface area contributed by atoms with E-state index in [1.54, 1.807) is 12.1 Å². The van der Waals surface area contributed by atoms with Crippen molar-refractivity contribution in [2.24, 2.45) is 5.92 Å². The zero-order valence-electron chi connectivity index (χ0n) is 10.3. The van der Waals surface area contributed by atoms with Crippen molar-refractivity contribution in [2.45, 2.75) is 25.8 Å². The first-order valence-corrected chi connectivity index (χ1v) is 6.26. The Hall–Kier alpha value is -1.84. The van der Waals surface area contributed by atoms with E-state index in [1.807, 2.05) is 10.7 Å². The molecule has 0 saturated heterocycles. The maximum absolute atomic E-state index is 12.9. The molecule has 1 heterocycles. The molecule has 0 bridgehead atoms. The zero-order chi connectivity index (χ0) is 12.7. The van der Waals surface area contributed by atoms with E-state index in [0.717, 1.165) is 11.3 Å². The number of anilines is 1. The molecule has 0 amide bonds. The SMILES string of the molecule is CC(C1CC1)n1nc(-c2ccc(F)cc2)cc1N. The summed E-state index contributed by atoms with van der Waals surface area (Å²) in [6.07, 6.45) is 2.51. The molecule has 4 heteroatoms. The molecule has 0 aliphatic heterocycles. The lowest BCUT2D eigenvalue weighted by Gasteiger charge is -2.12. The average molecular weight is 245 g/mol. The quantitative estimate of drug-likeness (QED) is 0.902. The van der Waals surface area contributed by atoms with Crippen LogP contribution in [0.1, 0.15) is 25.8 Å². The van der Waals surface area contributed by atoms with Crippen molar-refractivity contribution in [1.82, 2.24) is 9.78 Å². The molecule has 1 aromatic carbocycles. The van der Waals surface area contributed by atoms with Gasteiger partial charge in [0, 0.05) is 11.6 Å². The molecule has 1 aliphatic rings. The summed E-state index contributed by atoms with van der Waals surface area (Å²) < 4.78 is 14.8. The molecule has 18 heavy (non-hydrogen) atoms. The van der Waals surface area contributed by atoms with Gasteiger partial charge in [-0.2, -0.15) is 5.10 Å². The van der Waals surface area contributed by atoms with Crippen LogP contribution in [0.15, 0.2) is 30.3 Å². The Morgan fingerprint density at radius 2 is 2.00 bits per heavy atom. The average Bonchev–Trinajstić information content (AvgIpc) is 3.13. The predicted molar refractivity (Wildman–Crippen MR) is 69.5 cm³/mol. The van der Waals surface area contributed by atoms with E-state index in [0.29, 0.717) is 17.8 Å². The summed E-state index contributed by atoms with van der Waals surface area (Å²) in [5.74, 6) is 1.14. The fourth-order valence-corrected chi connectivity index (χ4v) is 2.28. The first kappa shape index (κ1) is 11.3. The summed E-state index contributed by atoms with van der Waals surface area (Å²) in [6.45, 7) is 2.15. The van der Waals surface area contributed by atoms with Crippen LogP contribution in [0, 0.1) is 11.7 Å². The molecular weight excluding hydrogens is 229 g/mol. The Kier molecular flexibility index (Phi) is 2.58. The summed E-state index contributed by atoms with van der Waals surface area (Å²) >= 11 is 0. The van der Waals surface area contributed by atoms with E-state index < -0.39 is 0 Å². The maximum Gasteiger partial charge on any atom is 0.123 e. The number of nitrogen functional groups attached to an aromatic ring is 1. The van der Waals surface area contributed by atoms with E-state index in [2.05, 4.69) is 12.0 Å². The second kappa shape index (κ2) is 4.12. The number of nitrogens with zero attached hydrogens (tertiary/aromatic N) is 2. The van der Waals surface area contributed by atoms with Crippen molar-refractivity contribution >= 4 is 5.82 Å². The van der Waals surface area contributed by atoms with Crippen LogP contribution < -0.4 is 5.73 Å². The topological polar surface area (TPSA) is 43.8 Å². The summed E-state index contributed by atoms with van der Waals surface area (Å²) in [6, 6.07) is 8.53. The molecule has 1 unspecified atom stereocenters. The Labute approximate surface area is 105 Å². The summed E-state index contributed by atoms with van der Waals surface area (Å²) in [4.78, 5) is 0. The largest absolute Gasteiger partial charge is 0.384 e. The van der Waals surface area contributed by atoms with Gasteiger partial charge >= 0.3 is 0 Å². The van der Waals surface area contributed by atoms with Crippen LogP contribution in [0.25, 0.3) is 11.3 Å². The lowest BCUT2D eigenvalue weighted by molar-refractivity contribution is 0.447. The van der Waals surface area contributed by atoms with Gasteiger partial charge in [-0.15, -0.1) is 0 Å². The smallest absolute Gasteiger partial charge is 0.123 e. The van der Waals surface area contributed by atoms with E-state index in [9.17, 15) is 4.39 Å². The standard InChI is InChI=1S/C14H16FN3/c1-9(10-2-3-10)18-14(16)8-13(17-18)11-4-6-12(15)7-5-11/h4-10H,2-3,16H2,1H3. The Bertz CT molecular complexity index is 555. The van der Waals surface area contributed by atoms with Crippen molar-refractivity contribution in [3.05, 3.63) is 36.1 Å². The fourth-order valence-electron chi connectivity index (χ4n) is 2.28. The van der Waals surface area contributed by atoms with Crippen molar-refractivity contribution in [1.29, 1.82) is 0 Å². The highest BCUT2D eigenvalue weighted by molar-refractivity contribution is 5.62. The summed E-state index contributed by atoms with van der Waals surface area (Å²) in [7, 11) is 0. The molecule has 3 nitrogen and oxygen atoms in total. The van der Waals surface area contributed by atoms with Crippen molar-refractivity contribution in [3.63, 3.8) is 0 Å². The first-order chi connectivity index (χ1) is 8.65.